The smallest absolute Gasteiger partial charge is 0.255 e. The number of aliphatic hydroxyl groups is 1. The van der Waals surface area contributed by atoms with Crippen LogP contribution in [0.15, 0.2) is 48.7 Å². The molecule has 2 saturated heterocycles. The average Bonchev–Trinajstić information content (AvgIpc) is 2.75. The summed E-state index contributed by atoms with van der Waals surface area (Å²) in [5.41, 5.74) is 1.41. The van der Waals surface area contributed by atoms with Gasteiger partial charge in [-0.3, -0.25) is 14.7 Å². The van der Waals surface area contributed by atoms with Gasteiger partial charge in [0.15, 0.2) is 0 Å². The standard InChI is InChI=1S/C22H27N3O3/c1-17-7-8-18(15-23-17)21(26)25-10-9-22(27,19-5-3-2-4-6-19)20(16-25)24-11-13-28-14-12-24/h2-8,15,20,27H,9-14,16H2,1H3/t20-,22+/m1/s1. The van der Waals surface area contributed by atoms with Crippen molar-refractivity contribution in [1.82, 2.24) is 14.8 Å². The first-order valence-corrected chi connectivity index (χ1v) is 9.89. The third-order valence-corrected chi connectivity index (χ3v) is 5.91. The number of likely N-dealkylation sites (tertiary alicyclic amines) is 1. The Balaban J connectivity index is 1.61. The number of carbonyl (C=O) groups is 1. The molecule has 1 aromatic carbocycles. The van der Waals surface area contributed by atoms with Crippen LogP contribution in [0.25, 0.3) is 0 Å². The Labute approximate surface area is 165 Å². The Kier molecular flexibility index (Phi) is 5.44. The predicted octanol–water partition coefficient (Wildman–Crippen LogP) is 1.82. The molecule has 4 rings (SSSR count). The Morgan fingerprint density at radius 1 is 1.14 bits per heavy atom. The molecule has 28 heavy (non-hydrogen) atoms. The fraction of sp³-hybridized carbons (Fsp3) is 0.455. The van der Waals surface area contributed by atoms with Crippen LogP contribution in [-0.2, 0) is 10.3 Å². The van der Waals surface area contributed by atoms with E-state index in [9.17, 15) is 9.90 Å². The van der Waals surface area contributed by atoms with Crippen LogP contribution in [0.5, 0.6) is 0 Å². The van der Waals surface area contributed by atoms with Crippen molar-refractivity contribution in [2.45, 2.75) is 25.0 Å². The molecule has 2 aromatic rings. The van der Waals surface area contributed by atoms with E-state index < -0.39 is 5.60 Å². The molecule has 2 aliphatic heterocycles. The molecule has 1 N–H and O–H groups in total. The average molecular weight is 381 g/mol. The monoisotopic (exact) mass is 381 g/mol. The van der Waals surface area contributed by atoms with Crippen LogP contribution < -0.4 is 0 Å². The minimum Gasteiger partial charge on any atom is -0.383 e. The second-order valence-electron chi connectivity index (χ2n) is 7.64. The summed E-state index contributed by atoms with van der Waals surface area (Å²) in [6, 6.07) is 13.3. The minimum atomic E-state index is -0.985. The van der Waals surface area contributed by atoms with Gasteiger partial charge in [-0.25, -0.2) is 0 Å². The van der Waals surface area contributed by atoms with E-state index in [0.717, 1.165) is 24.3 Å². The molecular weight excluding hydrogens is 354 g/mol. The molecule has 0 radical (unpaired) electrons. The number of benzene rings is 1. The molecule has 2 fully saturated rings. The van der Waals surface area contributed by atoms with Gasteiger partial charge in [0.25, 0.3) is 5.91 Å². The molecule has 2 atom stereocenters. The first-order chi connectivity index (χ1) is 13.6. The maximum atomic E-state index is 13.0. The van der Waals surface area contributed by atoms with Gasteiger partial charge in [0, 0.05) is 38.1 Å². The van der Waals surface area contributed by atoms with Crippen molar-refractivity contribution in [3.63, 3.8) is 0 Å². The number of pyridine rings is 1. The van der Waals surface area contributed by atoms with Crippen molar-refractivity contribution >= 4 is 5.91 Å². The maximum Gasteiger partial charge on any atom is 0.255 e. The van der Waals surface area contributed by atoms with Gasteiger partial charge in [0.1, 0.15) is 5.60 Å². The van der Waals surface area contributed by atoms with Crippen molar-refractivity contribution in [3.8, 4) is 0 Å². The number of carbonyl (C=O) groups excluding carboxylic acids is 1. The third kappa shape index (κ3) is 3.68. The Morgan fingerprint density at radius 2 is 1.89 bits per heavy atom. The Bertz CT molecular complexity index is 806. The number of aryl methyl sites for hydroxylation is 1. The van der Waals surface area contributed by atoms with Crippen LogP contribution in [-0.4, -0.2) is 71.2 Å². The van der Waals surface area contributed by atoms with Gasteiger partial charge in [-0.1, -0.05) is 30.3 Å². The highest BCUT2D eigenvalue weighted by molar-refractivity contribution is 5.94. The van der Waals surface area contributed by atoms with Crippen LogP contribution in [0.2, 0.25) is 0 Å². The lowest BCUT2D eigenvalue weighted by Gasteiger charge is -2.50. The van der Waals surface area contributed by atoms with Crippen molar-refractivity contribution in [1.29, 1.82) is 0 Å². The van der Waals surface area contributed by atoms with E-state index in [1.807, 2.05) is 54.3 Å². The zero-order valence-corrected chi connectivity index (χ0v) is 16.3. The van der Waals surface area contributed by atoms with Crippen LogP contribution in [0.4, 0.5) is 0 Å². The first-order valence-electron chi connectivity index (χ1n) is 9.89. The largest absolute Gasteiger partial charge is 0.383 e. The van der Waals surface area contributed by atoms with Gasteiger partial charge >= 0.3 is 0 Å². The number of hydrogen-bond acceptors (Lipinski definition) is 5. The molecule has 0 spiro atoms. The van der Waals surface area contributed by atoms with E-state index in [1.165, 1.54) is 0 Å². The summed E-state index contributed by atoms with van der Waals surface area (Å²) >= 11 is 0. The van der Waals surface area contributed by atoms with Gasteiger partial charge in [0.2, 0.25) is 0 Å². The summed E-state index contributed by atoms with van der Waals surface area (Å²) in [7, 11) is 0. The van der Waals surface area contributed by atoms with Gasteiger partial charge in [-0.2, -0.15) is 0 Å². The van der Waals surface area contributed by atoms with Gasteiger partial charge in [-0.05, 0) is 31.0 Å². The second-order valence-corrected chi connectivity index (χ2v) is 7.64. The molecular formula is C22H27N3O3. The summed E-state index contributed by atoms with van der Waals surface area (Å²) in [5, 5.41) is 11.7. The molecule has 1 amide bonds. The topological polar surface area (TPSA) is 65.9 Å². The van der Waals surface area contributed by atoms with Crippen LogP contribution in [0, 0.1) is 6.92 Å². The van der Waals surface area contributed by atoms with Gasteiger partial charge in [-0.15, -0.1) is 0 Å². The number of ether oxygens (including phenoxy) is 1. The molecule has 2 aliphatic rings. The van der Waals surface area contributed by atoms with E-state index in [1.54, 1.807) is 6.20 Å². The molecule has 0 bridgehead atoms. The highest BCUT2D eigenvalue weighted by Gasteiger charge is 2.47. The minimum absolute atomic E-state index is 0.0270. The van der Waals surface area contributed by atoms with E-state index in [4.69, 9.17) is 4.74 Å². The van der Waals surface area contributed by atoms with Crippen molar-refractivity contribution in [3.05, 3.63) is 65.5 Å². The lowest BCUT2D eigenvalue weighted by Crippen LogP contribution is -2.63. The molecule has 0 unspecified atom stereocenters. The molecule has 148 valence electrons. The molecule has 6 nitrogen and oxygen atoms in total. The van der Waals surface area contributed by atoms with Crippen LogP contribution in [0.3, 0.4) is 0 Å². The highest BCUT2D eigenvalue weighted by Crippen LogP contribution is 2.36. The zero-order chi connectivity index (χ0) is 19.6. The summed E-state index contributed by atoms with van der Waals surface area (Å²) in [5.74, 6) is -0.0270. The van der Waals surface area contributed by atoms with Crippen molar-refractivity contribution < 1.29 is 14.6 Å². The quantitative estimate of drug-likeness (QED) is 0.879. The molecule has 0 saturated carbocycles. The molecule has 6 heteroatoms. The lowest BCUT2D eigenvalue weighted by atomic mass is 9.79. The third-order valence-electron chi connectivity index (χ3n) is 5.91. The number of hydrogen-bond donors (Lipinski definition) is 1. The van der Waals surface area contributed by atoms with E-state index in [2.05, 4.69) is 9.88 Å². The summed E-state index contributed by atoms with van der Waals surface area (Å²) in [4.78, 5) is 21.4. The number of aromatic nitrogens is 1. The normalized spacial score (nSPS) is 26.2. The molecule has 0 aliphatic carbocycles. The van der Waals surface area contributed by atoms with Crippen LogP contribution in [0.1, 0.15) is 28.0 Å². The number of morpholine rings is 1. The SMILES string of the molecule is Cc1ccc(C(=O)N2CC[C@](O)(c3ccccc3)[C@H](N3CCOCC3)C2)cn1. The Morgan fingerprint density at radius 3 is 2.57 bits per heavy atom. The number of piperidine rings is 1. The first kappa shape index (κ1) is 19.1. The summed E-state index contributed by atoms with van der Waals surface area (Å²) in [6.07, 6.45) is 2.14. The van der Waals surface area contributed by atoms with Crippen LogP contribution >= 0.6 is 0 Å². The summed E-state index contributed by atoms with van der Waals surface area (Å²) < 4.78 is 5.51. The van der Waals surface area contributed by atoms with Gasteiger partial charge in [0.05, 0.1) is 24.8 Å². The Hall–Kier alpha value is -2.28. The van der Waals surface area contributed by atoms with E-state index in [-0.39, 0.29) is 11.9 Å². The fourth-order valence-corrected chi connectivity index (χ4v) is 4.25. The van der Waals surface area contributed by atoms with Crippen molar-refractivity contribution in [2.75, 3.05) is 39.4 Å². The van der Waals surface area contributed by atoms with E-state index >= 15 is 0 Å². The number of amides is 1. The van der Waals surface area contributed by atoms with Gasteiger partial charge < -0.3 is 14.7 Å². The van der Waals surface area contributed by atoms with E-state index in [0.29, 0.717) is 38.3 Å². The molecule has 3 heterocycles. The number of rotatable bonds is 3. The van der Waals surface area contributed by atoms with Crippen molar-refractivity contribution in [2.24, 2.45) is 0 Å². The maximum absolute atomic E-state index is 13.0. The second kappa shape index (κ2) is 7.99. The highest BCUT2D eigenvalue weighted by atomic mass is 16.5. The number of nitrogens with zero attached hydrogens (tertiary/aromatic N) is 3. The zero-order valence-electron chi connectivity index (χ0n) is 16.3. The summed E-state index contributed by atoms with van der Waals surface area (Å²) in [6.45, 7) is 5.72. The lowest BCUT2D eigenvalue weighted by molar-refractivity contribution is -0.112. The predicted molar refractivity (Wildman–Crippen MR) is 106 cm³/mol. The fourth-order valence-electron chi connectivity index (χ4n) is 4.25. The molecule has 1 aromatic heterocycles.